The summed E-state index contributed by atoms with van der Waals surface area (Å²) < 4.78 is 1.12. The average Bonchev–Trinajstić information content (AvgIpc) is 2.89. The molecule has 2 aromatic rings. The van der Waals surface area contributed by atoms with Gasteiger partial charge in [0.05, 0.1) is 10.7 Å². The second-order valence-corrected chi connectivity index (χ2v) is 6.80. The van der Waals surface area contributed by atoms with Gasteiger partial charge in [-0.25, -0.2) is 4.98 Å². The molecule has 3 rings (SSSR count). The van der Waals surface area contributed by atoms with Crippen LogP contribution >= 0.6 is 27.3 Å². The van der Waals surface area contributed by atoms with Crippen LogP contribution in [0, 0.1) is 5.92 Å². The average molecular weight is 337 g/mol. The SMILES string of the molecule is Brc1ccccc1-c1csc(CC2CCNCC2)n1. The van der Waals surface area contributed by atoms with Crippen LogP contribution in [-0.2, 0) is 6.42 Å². The summed E-state index contributed by atoms with van der Waals surface area (Å²) in [6, 6.07) is 8.29. The Labute approximate surface area is 126 Å². The topological polar surface area (TPSA) is 24.9 Å². The van der Waals surface area contributed by atoms with Gasteiger partial charge in [-0.05, 0) is 37.9 Å². The summed E-state index contributed by atoms with van der Waals surface area (Å²) in [4.78, 5) is 4.80. The third-order valence-electron chi connectivity index (χ3n) is 3.62. The standard InChI is InChI=1S/C15H17BrN2S/c16-13-4-2-1-3-12(13)14-10-19-15(18-14)9-11-5-7-17-8-6-11/h1-4,10-11,17H,5-9H2. The molecule has 0 amide bonds. The number of halogens is 1. The molecule has 1 fully saturated rings. The first-order chi connectivity index (χ1) is 9.33. The van der Waals surface area contributed by atoms with Crippen LogP contribution in [0.3, 0.4) is 0 Å². The number of rotatable bonds is 3. The molecule has 2 nitrogen and oxygen atoms in total. The zero-order valence-electron chi connectivity index (χ0n) is 10.7. The molecule has 1 saturated heterocycles. The first-order valence-corrected chi connectivity index (χ1v) is 8.40. The molecule has 4 heteroatoms. The second-order valence-electron chi connectivity index (χ2n) is 5.00. The van der Waals surface area contributed by atoms with Crippen molar-refractivity contribution < 1.29 is 0 Å². The van der Waals surface area contributed by atoms with Crippen LogP contribution in [0.25, 0.3) is 11.3 Å². The first kappa shape index (κ1) is 13.3. The highest BCUT2D eigenvalue weighted by molar-refractivity contribution is 9.10. The number of nitrogens with zero attached hydrogens (tertiary/aromatic N) is 1. The van der Waals surface area contributed by atoms with Crippen LogP contribution in [0.5, 0.6) is 0 Å². The van der Waals surface area contributed by atoms with Gasteiger partial charge in [0.2, 0.25) is 0 Å². The van der Waals surface area contributed by atoms with Crippen molar-refractivity contribution in [3.8, 4) is 11.3 Å². The zero-order chi connectivity index (χ0) is 13.1. The number of hydrogen-bond acceptors (Lipinski definition) is 3. The van der Waals surface area contributed by atoms with E-state index in [1.807, 2.05) is 6.07 Å². The minimum Gasteiger partial charge on any atom is -0.317 e. The van der Waals surface area contributed by atoms with Crippen molar-refractivity contribution in [2.45, 2.75) is 19.3 Å². The van der Waals surface area contributed by atoms with E-state index in [1.165, 1.54) is 23.4 Å². The number of thiazole rings is 1. The van der Waals surface area contributed by atoms with Gasteiger partial charge in [0, 0.05) is 21.8 Å². The van der Waals surface area contributed by atoms with Crippen molar-refractivity contribution in [3.63, 3.8) is 0 Å². The van der Waals surface area contributed by atoms with Crippen LogP contribution in [-0.4, -0.2) is 18.1 Å². The number of hydrogen-bond donors (Lipinski definition) is 1. The summed E-state index contributed by atoms with van der Waals surface area (Å²) in [5, 5.41) is 6.87. The van der Waals surface area contributed by atoms with Crippen molar-refractivity contribution in [1.82, 2.24) is 10.3 Å². The van der Waals surface area contributed by atoms with E-state index in [1.54, 1.807) is 11.3 Å². The van der Waals surface area contributed by atoms with Crippen molar-refractivity contribution >= 4 is 27.3 Å². The predicted octanol–water partition coefficient (Wildman–Crippen LogP) is 4.11. The Hall–Kier alpha value is -0.710. The van der Waals surface area contributed by atoms with Gasteiger partial charge in [0.1, 0.15) is 0 Å². The molecule has 2 heterocycles. The van der Waals surface area contributed by atoms with Gasteiger partial charge in [-0.1, -0.05) is 34.1 Å². The fourth-order valence-electron chi connectivity index (χ4n) is 2.53. The summed E-state index contributed by atoms with van der Waals surface area (Å²) >= 11 is 5.39. The van der Waals surface area contributed by atoms with E-state index in [0.29, 0.717) is 0 Å². The lowest BCUT2D eigenvalue weighted by molar-refractivity contribution is 0.372. The molecule has 1 aromatic carbocycles. The third kappa shape index (κ3) is 3.25. The molecule has 0 saturated carbocycles. The lowest BCUT2D eigenvalue weighted by Crippen LogP contribution is -2.28. The maximum absolute atomic E-state index is 4.80. The maximum atomic E-state index is 4.80. The summed E-state index contributed by atoms with van der Waals surface area (Å²) in [7, 11) is 0. The Balaban J connectivity index is 1.74. The van der Waals surface area contributed by atoms with Gasteiger partial charge < -0.3 is 5.32 Å². The summed E-state index contributed by atoms with van der Waals surface area (Å²) in [6.07, 6.45) is 3.70. The Bertz CT molecular complexity index is 547. The minimum atomic E-state index is 0.805. The van der Waals surface area contributed by atoms with Crippen molar-refractivity contribution in [2.75, 3.05) is 13.1 Å². The lowest BCUT2D eigenvalue weighted by atomic mass is 9.95. The van der Waals surface area contributed by atoms with E-state index in [0.717, 1.165) is 35.6 Å². The predicted molar refractivity (Wildman–Crippen MR) is 84.5 cm³/mol. The molecule has 19 heavy (non-hydrogen) atoms. The summed E-state index contributed by atoms with van der Waals surface area (Å²) in [6.45, 7) is 2.32. The molecule has 1 aliphatic heterocycles. The van der Waals surface area contributed by atoms with E-state index in [9.17, 15) is 0 Å². The molecule has 100 valence electrons. The van der Waals surface area contributed by atoms with Gasteiger partial charge in [0.25, 0.3) is 0 Å². The monoisotopic (exact) mass is 336 g/mol. The van der Waals surface area contributed by atoms with Crippen LogP contribution in [0.4, 0.5) is 0 Å². The second kappa shape index (κ2) is 6.16. The number of nitrogens with one attached hydrogen (secondary N) is 1. The molecule has 0 atom stereocenters. The highest BCUT2D eigenvalue weighted by Gasteiger charge is 2.16. The minimum absolute atomic E-state index is 0.805. The van der Waals surface area contributed by atoms with Crippen molar-refractivity contribution in [2.24, 2.45) is 5.92 Å². The Morgan fingerprint density at radius 1 is 1.26 bits per heavy atom. The number of aromatic nitrogens is 1. The quantitative estimate of drug-likeness (QED) is 0.912. The Morgan fingerprint density at radius 2 is 2.05 bits per heavy atom. The lowest BCUT2D eigenvalue weighted by Gasteiger charge is -2.21. The van der Waals surface area contributed by atoms with Gasteiger partial charge in [-0.3, -0.25) is 0 Å². The van der Waals surface area contributed by atoms with Gasteiger partial charge in [-0.15, -0.1) is 11.3 Å². The van der Waals surface area contributed by atoms with Crippen molar-refractivity contribution in [1.29, 1.82) is 0 Å². The molecule has 0 bridgehead atoms. The zero-order valence-corrected chi connectivity index (χ0v) is 13.1. The van der Waals surface area contributed by atoms with E-state index in [2.05, 4.69) is 44.8 Å². The van der Waals surface area contributed by atoms with Gasteiger partial charge in [0.15, 0.2) is 0 Å². The van der Waals surface area contributed by atoms with Crippen LogP contribution in [0.1, 0.15) is 17.8 Å². The molecule has 0 radical (unpaired) electrons. The van der Waals surface area contributed by atoms with Gasteiger partial charge >= 0.3 is 0 Å². The summed E-state index contributed by atoms with van der Waals surface area (Å²) in [5.74, 6) is 0.805. The van der Waals surface area contributed by atoms with Gasteiger partial charge in [-0.2, -0.15) is 0 Å². The molecule has 1 N–H and O–H groups in total. The third-order valence-corrected chi connectivity index (χ3v) is 5.19. The molecular weight excluding hydrogens is 320 g/mol. The molecule has 0 unspecified atom stereocenters. The normalized spacial score (nSPS) is 16.7. The maximum Gasteiger partial charge on any atom is 0.0935 e. The molecule has 1 aromatic heterocycles. The number of piperidine rings is 1. The first-order valence-electron chi connectivity index (χ1n) is 6.73. The fraction of sp³-hybridized carbons (Fsp3) is 0.400. The largest absolute Gasteiger partial charge is 0.317 e. The number of benzene rings is 1. The van der Waals surface area contributed by atoms with E-state index in [-0.39, 0.29) is 0 Å². The molecule has 0 spiro atoms. The Kier molecular flexibility index (Phi) is 4.31. The highest BCUT2D eigenvalue weighted by Crippen LogP contribution is 2.30. The Morgan fingerprint density at radius 3 is 2.84 bits per heavy atom. The van der Waals surface area contributed by atoms with Crippen LogP contribution in [0.15, 0.2) is 34.1 Å². The molecule has 1 aliphatic rings. The van der Waals surface area contributed by atoms with Crippen LogP contribution in [0.2, 0.25) is 0 Å². The molecule has 0 aliphatic carbocycles. The highest BCUT2D eigenvalue weighted by atomic mass is 79.9. The van der Waals surface area contributed by atoms with E-state index < -0.39 is 0 Å². The summed E-state index contributed by atoms with van der Waals surface area (Å²) in [5.41, 5.74) is 2.29. The molecular formula is C15H17BrN2S. The van der Waals surface area contributed by atoms with Crippen molar-refractivity contribution in [3.05, 3.63) is 39.1 Å². The van der Waals surface area contributed by atoms with E-state index >= 15 is 0 Å². The smallest absolute Gasteiger partial charge is 0.0935 e. The fourth-order valence-corrected chi connectivity index (χ4v) is 3.93. The van der Waals surface area contributed by atoms with E-state index in [4.69, 9.17) is 4.98 Å². The van der Waals surface area contributed by atoms with Crippen LogP contribution < -0.4 is 5.32 Å².